The minimum absolute atomic E-state index is 0.0533. The third-order valence-electron chi connectivity index (χ3n) is 4.05. The first-order valence-corrected chi connectivity index (χ1v) is 9.99. The van der Waals surface area contributed by atoms with Gasteiger partial charge in [-0.05, 0) is 55.3 Å². The van der Waals surface area contributed by atoms with Crippen LogP contribution in [0.25, 0.3) is 6.08 Å². The molecular weight excluding hydrogens is 405 g/mol. The molecule has 2 aromatic carbocycles. The summed E-state index contributed by atoms with van der Waals surface area (Å²) in [4.78, 5) is 14.6. The first kappa shape index (κ1) is 19.9. The van der Waals surface area contributed by atoms with Gasteiger partial charge in [-0.3, -0.25) is 9.69 Å². The summed E-state index contributed by atoms with van der Waals surface area (Å²) in [6, 6.07) is 11.6. The van der Waals surface area contributed by atoms with Crippen LogP contribution in [0, 0.1) is 5.82 Å². The van der Waals surface area contributed by atoms with Gasteiger partial charge < -0.3 is 4.74 Å². The zero-order valence-corrected chi connectivity index (χ0v) is 17.1. The molecule has 1 fully saturated rings. The molecule has 0 bridgehead atoms. The van der Waals surface area contributed by atoms with Crippen molar-refractivity contribution in [2.45, 2.75) is 26.4 Å². The van der Waals surface area contributed by atoms with Crippen LogP contribution in [0.2, 0.25) is 5.02 Å². The van der Waals surface area contributed by atoms with Gasteiger partial charge >= 0.3 is 0 Å². The van der Waals surface area contributed by atoms with Crippen LogP contribution in [-0.2, 0) is 4.79 Å². The average molecular weight is 422 g/mol. The van der Waals surface area contributed by atoms with E-state index in [1.165, 1.54) is 34.9 Å². The second-order valence-corrected chi connectivity index (χ2v) is 8.10. The van der Waals surface area contributed by atoms with Crippen molar-refractivity contribution in [3.05, 3.63) is 63.8 Å². The molecular formula is C20H17ClFNO2S2. The maximum absolute atomic E-state index is 13.4. The molecule has 0 spiro atoms. The lowest BCUT2D eigenvalue weighted by Crippen LogP contribution is -2.27. The van der Waals surface area contributed by atoms with Crippen LogP contribution in [0.5, 0.6) is 5.75 Å². The van der Waals surface area contributed by atoms with Gasteiger partial charge in [-0.1, -0.05) is 54.6 Å². The Kier molecular flexibility index (Phi) is 6.19. The summed E-state index contributed by atoms with van der Waals surface area (Å²) in [5, 5.41) is -0.0533. The molecule has 140 valence electrons. The number of hydrogen-bond acceptors (Lipinski definition) is 4. The van der Waals surface area contributed by atoms with Crippen molar-refractivity contribution in [3.8, 4) is 5.75 Å². The number of ether oxygens (including phenoxy) is 1. The Bertz CT molecular complexity index is 915. The lowest BCUT2D eigenvalue weighted by atomic mass is 10.2. The van der Waals surface area contributed by atoms with Gasteiger partial charge in [0.25, 0.3) is 5.91 Å². The fourth-order valence-electron chi connectivity index (χ4n) is 2.42. The molecule has 3 rings (SSSR count). The molecule has 0 aromatic heterocycles. The van der Waals surface area contributed by atoms with Crippen LogP contribution >= 0.6 is 35.6 Å². The lowest BCUT2D eigenvalue weighted by Gasteiger charge is -2.14. The number of benzene rings is 2. The number of halogens is 2. The van der Waals surface area contributed by atoms with Crippen molar-refractivity contribution >= 4 is 57.6 Å². The second kappa shape index (κ2) is 8.42. The molecule has 0 aliphatic carbocycles. The molecule has 1 heterocycles. The van der Waals surface area contributed by atoms with Crippen LogP contribution < -0.4 is 9.64 Å². The van der Waals surface area contributed by atoms with Crippen LogP contribution in [0.15, 0.2) is 47.4 Å². The number of amides is 1. The number of nitrogens with zero attached hydrogens (tertiary/aromatic N) is 1. The van der Waals surface area contributed by atoms with E-state index in [1.807, 2.05) is 31.2 Å². The largest absolute Gasteiger partial charge is 0.491 e. The summed E-state index contributed by atoms with van der Waals surface area (Å²) in [7, 11) is 0. The van der Waals surface area contributed by atoms with Crippen molar-refractivity contribution in [1.82, 2.24) is 0 Å². The predicted octanol–water partition coefficient (Wildman–Crippen LogP) is 6.06. The fourth-order valence-corrected chi connectivity index (χ4v) is 3.90. The Morgan fingerprint density at radius 1 is 1.30 bits per heavy atom. The summed E-state index contributed by atoms with van der Waals surface area (Å²) in [5.74, 6) is -0.0105. The predicted molar refractivity (Wildman–Crippen MR) is 114 cm³/mol. The molecule has 1 aliphatic rings. The number of thiocarbonyl (C=S) groups is 1. The monoisotopic (exact) mass is 421 g/mol. The average Bonchev–Trinajstić information content (AvgIpc) is 2.92. The van der Waals surface area contributed by atoms with E-state index in [-0.39, 0.29) is 17.0 Å². The lowest BCUT2D eigenvalue weighted by molar-refractivity contribution is -0.113. The Labute approximate surface area is 172 Å². The molecule has 2 aromatic rings. The van der Waals surface area contributed by atoms with E-state index < -0.39 is 5.82 Å². The van der Waals surface area contributed by atoms with Gasteiger partial charge in [-0.2, -0.15) is 0 Å². The highest BCUT2D eigenvalue weighted by Gasteiger charge is 2.33. The Balaban J connectivity index is 1.80. The number of hydrogen-bond donors (Lipinski definition) is 0. The summed E-state index contributed by atoms with van der Waals surface area (Å²) in [6.07, 6.45) is 2.85. The van der Waals surface area contributed by atoms with E-state index in [4.69, 9.17) is 28.6 Å². The van der Waals surface area contributed by atoms with Crippen LogP contribution in [0.1, 0.15) is 25.8 Å². The molecule has 27 heavy (non-hydrogen) atoms. The van der Waals surface area contributed by atoms with Gasteiger partial charge in [0, 0.05) is 0 Å². The summed E-state index contributed by atoms with van der Waals surface area (Å²) in [5.41, 5.74) is 1.31. The Morgan fingerprint density at radius 2 is 2.00 bits per heavy atom. The van der Waals surface area contributed by atoms with Gasteiger partial charge in [0.05, 0.1) is 21.7 Å². The molecule has 0 saturated carbocycles. The number of carbonyl (C=O) groups is 1. The number of anilines is 1. The number of rotatable bonds is 5. The zero-order chi connectivity index (χ0) is 19.6. The van der Waals surface area contributed by atoms with Crippen LogP contribution in [0.4, 0.5) is 10.1 Å². The summed E-state index contributed by atoms with van der Waals surface area (Å²) in [6.45, 7) is 4.08. The van der Waals surface area contributed by atoms with Gasteiger partial charge in [0.1, 0.15) is 11.6 Å². The molecule has 1 saturated heterocycles. The maximum Gasteiger partial charge on any atom is 0.270 e. The van der Waals surface area contributed by atoms with E-state index in [9.17, 15) is 9.18 Å². The first-order chi connectivity index (χ1) is 12.9. The standard InChI is InChI=1S/C20H17ClFNO2S2/c1-3-12(2)25-15-7-4-13(5-8-15)10-18-19(24)23(20(26)27-18)14-6-9-17(22)16(21)11-14/h4-12H,3H2,1-2H3/b18-10-/t12-/m0/s1. The van der Waals surface area contributed by atoms with Crippen molar-refractivity contribution < 1.29 is 13.9 Å². The molecule has 3 nitrogen and oxygen atoms in total. The van der Waals surface area contributed by atoms with E-state index in [0.717, 1.165) is 17.7 Å². The molecule has 1 atom stereocenters. The highest BCUT2D eigenvalue weighted by Crippen LogP contribution is 2.37. The first-order valence-electron chi connectivity index (χ1n) is 8.38. The third-order valence-corrected chi connectivity index (χ3v) is 5.64. The number of thioether (sulfide) groups is 1. The molecule has 0 radical (unpaired) electrons. The quantitative estimate of drug-likeness (QED) is 0.433. The summed E-state index contributed by atoms with van der Waals surface area (Å²) < 4.78 is 19.5. The Morgan fingerprint density at radius 3 is 2.63 bits per heavy atom. The smallest absolute Gasteiger partial charge is 0.270 e. The normalized spacial score (nSPS) is 16.9. The highest BCUT2D eigenvalue weighted by molar-refractivity contribution is 8.27. The molecule has 1 aliphatic heterocycles. The van der Waals surface area contributed by atoms with Crippen molar-refractivity contribution in [3.63, 3.8) is 0 Å². The summed E-state index contributed by atoms with van der Waals surface area (Å²) >= 11 is 12.3. The second-order valence-electron chi connectivity index (χ2n) is 6.02. The topological polar surface area (TPSA) is 29.5 Å². The van der Waals surface area contributed by atoms with Crippen molar-refractivity contribution in [2.75, 3.05) is 4.90 Å². The Hall–Kier alpha value is -1.89. The van der Waals surface area contributed by atoms with Gasteiger partial charge in [0.2, 0.25) is 0 Å². The van der Waals surface area contributed by atoms with Gasteiger partial charge in [-0.25, -0.2) is 4.39 Å². The van der Waals surface area contributed by atoms with Gasteiger partial charge in [-0.15, -0.1) is 0 Å². The van der Waals surface area contributed by atoms with Crippen molar-refractivity contribution in [2.24, 2.45) is 0 Å². The molecule has 7 heteroatoms. The third kappa shape index (κ3) is 4.51. The van der Waals surface area contributed by atoms with Crippen molar-refractivity contribution in [1.29, 1.82) is 0 Å². The van der Waals surface area contributed by atoms with E-state index in [2.05, 4.69) is 6.92 Å². The molecule has 0 unspecified atom stereocenters. The maximum atomic E-state index is 13.4. The van der Waals surface area contributed by atoms with Crippen LogP contribution in [0.3, 0.4) is 0 Å². The van der Waals surface area contributed by atoms with E-state index in [1.54, 1.807) is 6.08 Å². The highest BCUT2D eigenvalue weighted by atomic mass is 35.5. The molecule has 0 N–H and O–H groups in total. The SMILES string of the molecule is CC[C@H](C)Oc1ccc(/C=C2\SC(=S)N(c3ccc(F)c(Cl)c3)C2=O)cc1. The molecule has 1 amide bonds. The zero-order valence-electron chi connectivity index (χ0n) is 14.7. The van der Waals surface area contributed by atoms with E-state index >= 15 is 0 Å². The van der Waals surface area contributed by atoms with Gasteiger partial charge in [0.15, 0.2) is 4.32 Å². The van der Waals surface area contributed by atoms with Crippen LogP contribution in [-0.4, -0.2) is 16.3 Å². The fraction of sp³-hybridized carbons (Fsp3) is 0.200. The van der Waals surface area contributed by atoms with E-state index in [0.29, 0.717) is 14.9 Å². The minimum atomic E-state index is -0.541. The number of carbonyl (C=O) groups excluding carboxylic acids is 1. The minimum Gasteiger partial charge on any atom is -0.491 e.